The van der Waals surface area contributed by atoms with Crippen LogP contribution in [-0.4, -0.2) is 22.6 Å². The SMILES string of the molecule is C[Si](C)(C)C#Cc1cn(-c2nc(-c3ccccc3)oc2-c2ccc(Cl)cc2)c(=O)c2ncccc12. The first kappa shape index (κ1) is 22.8. The quantitative estimate of drug-likeness (QED) is 0.209. The monoisotopic (exact) mass is 495 g/mol. The van der Waals surface area contributed by atoms with Crippen LogP contribution in [0.5, 0.6) is 0 Å². The number of hydrogen-bond donors (Lipinski definition) is 0. The van der Waals surface area contributed by atoms with E-state index < -0.39 is 8.07 Å². The van der Waals surface area contributed by atoms with Crippen LogP contribution in [0.15, 0.2) is 88.3 Å². The molecule has 0 N–H and O–H groups in total. The molecule has 3 heterocycles. The average Bonchev–Trinajstić information content (AvgIpc) is 3.29. The molecule has 0 amide bonds. The van der Waals surface area contributed by atoms with Gasteiger partial charge in [-0.3, -0.25) is 14.3 Å². The van der Waals surface area contributed by atoms with Crippen LogP contribution in [0.25, 0.3) is 39.5 Å². The summed E-state index contributed by atoms with van der Waals surface area (Å²) in [6.45, 7) is 6.54. The smallest absolute Gasteiger partial charge is 0.282 e. The van der Waals surface area contributed by atoms with Crippen molar-refractivity contribution in [1.29, 1.82) is 0 Å². The van der Waals surface area contributed by atoms with E-state index >= 15 is 0 Å². The van der Waals surface area contributed by atoms with Crippen LogP contribution in [-0.2, 0) is 0 Å². The van der Waals surface area contributed by atoms with Crippen molar-refractivity contribution in [2.45, 2.75) is 19.6 Å². The Labute approximate surface area is 209 Å². The maximum Gasteiger partial charge on any atom is 0.282 e. The van der Waals surface area contributed by atoms with E-state index in [1.165, 1.54) is 4.57 Å². The molecular weight excluding hydrogens is 474 g/mol. The van der Waals surface area contributed by atoms with Gasteiger partial charge in [-0.05, 0) is 48.5 Å². The molecule has 2 aromatic carbocycles. The maximum atomic E-state index is 13.6. The van der Waals surface area contributed by atoms with Crippen LogP contribution < -0.4 is 5.56 Å². The lowest BCUT2D eigenvalue weighted by atomic mass is 10.1. The van der Waals surface area contributed by atoms with Gasteiger partial charge in [0, 0.05) is 33.9 Å². The number of nitrogens with zero attached hydrogens (tertiary/aromatic N) is 3. The molecule has 0 radical (unpaired) electrons. The highest BCUT2D eigenvalue weighted by Gasteiger charge is 2.21. The zero-order valence-corrected chi connectivity index (χ0v) is 21.3. The molecule has 5 nitrogen and oxygen atoms in total. The molecule has 0 spiro atoms. The Bertz CT molecular complexity index is 1660. The van der Waals surface area contributed by atoms with Gasteiger partial charge in [0.2, 0.25) is 5.89 Å². The van der Waals surface area contributed by atoms with Crippen molar-refractivity contribution in [2.24, 2.45) is 0 Å². The fourth-order valence-electron chi connectivity index (χ4n) is 3.65. The van der Waals surface area contributed by atoms with Crippen molar-refractivity contribution in [2.75, 3.05) is 0 Å². The molecule has 0 saturated carbocycles. The molecule has 172 valence electrons. The van der Waals surface area contributed by atoms with Crippen molar-refractivity contribution in [3.8, 4) is 40.1 Å². The van der Waals surface area contributed by atoms with E-state index in [9.17, 15) is 4.79 Å². The number of benzene rings is 2. The second-order valence-electron chi connectivity index (χ2n) is 9.16. The molecule has 3 aromatic heterocycles. The Morgan fingerprint density at radius 2 is 1.69 bits per heavy atom. The van der Waals surface area contributed by atoms with Crippen molar-refractivity contribution in [3.05, 3.63) is 100 Å². The molecule has 0 bridgehead atoms. The summed E-state index contributed by atoms with van der Waals surface area (Å²) in [7, 11) is -1.66. The van der Waals surface area contributed by atoms with Gasteiger partial charge in [0.25, 0.3) is 5.56 Å². The van der Waals surface area contributed by atoms with Gasteiger partial charge in [-0.15, -0.1) is 5.54 Å². The van der Waals surface area contributed by atoms with Crippen LogP contribution in [0.2, 0.25) is 24.7 Å². The summed E-state index contributed by atoms with van der Waals surface area (Å²) in [5.41, 5.74) is 5.72. The highest BCUT2D eigenvalue weighted by molar-refractivity contribution is 6.83. The van der Waals surface area contributed by atoms with E-state index in [0.29, 0.717) is 28.0 Å². The Balaban J connectivity index is 1.81. The van der Waals surface area contributed by atoms with Gasteiger partial charge in [-0.1, -0.05) is 55.4 Å². The highest BCUT2D eigenvalue weighted by atomic mass is 35.5. The van der Waals surface area contributed by atoms with Crippen LogP contribution in [0, 0.1) is 11.5 Å². The summed E-state index contributed by atoms with van der Waals surface area (Å²) in [6, 6.07) is 20.5. The molecule has 0 saturated heterocycles. The fraction of sp³-hybridized carbons (Fsp3) is 0.107. The third kappa shape index (κ3) is 4.69. The van der Waals surface area contributed by atoms with Crippen LogP contribution in [0.3, 0.4) is 0 Å². The van der Waals surface area contributed by atoms with E-state index in [4.69, 9.17) is 21.0 Å². The van der Waals surface area contributed by atoms with Crippen LogP contribution in [0.1, 0.15) is 5.56 Å². The molecule has 5 aromatic rings. The number of oxazole rings is 1. The van der Waals surface area contributed by atoms with Gasteiger partial charge in [-0.25, -0.2) is 0 Å². The van der Waals surface area contributed by atoms with Crippen molar-refractivity contribution < 1.29 is 4.42 Å². The van der Waals surface area contributed by atoms with Crippen molar-refractivity contribution in [1.82, 2.24) is 14.5 Å². The van der Waals surface area contributed by atoms with Crippen LogP contribution >= 0.6 is 11.6 Å². The summed E-state index contributed by atoms with van der Waals surface area (Å²) in [6.07, 6.45) is 3.35. The third-order valence-corrected chi connectivity index (χ3v) is 6.44. The first-order valence-corrected chi connectivity index (χ1v) is 15.0. The summed E-state index contributed by atoms with van der Waals surface area (Å²) >= 11 is 6.12. The van der Waals surface area contributed by atoms with Gasteiger partial charge >= 0.3 is 0 Å². The van der Waals surface area contributed by atoms with Crippen molar-refractivity contribution >= 4 is 30.6 Å². The molecule has 0 aliphatic carbocycles. The van der Waals surface area contributed by atoms with E-state index in [1.54, 1.807) is 24.5 Å². The molecule has 0 fully saturated rings. The predicted octanol–water partition coefficient (Wildman–Crippen LogP) is 6.59. The predicted molar refractivity (Wildman–Crippen MR) is 144 cm³/mol. The molecule has 0 aliphatic rings. The number of pyridine rings is 2. The minimum absolute atomic E-state index is 0.290. The lowest BCUT2D eigenvalue weighted by Gasteiger charge is -2.09. The second-order valence-corrected chi connectivity index (χ2v) is 14.3. The first-order chi connectivity index (χ1) is 16.8. The molecule has 0 aliphatic heterocycles. The van der Waals surface area contributed by atoms with E-state index in [0.717, 1.165) is 22.1 Å². The average molecular weight is 496 g/mol. The minimum Gasteiger partial charge on any atom is -0.434 e. The molecular formula is C28H22ClN3O2Si. The lowest BCUT2D eigenvalue weighted by molar-refractivity contribution is 0.588. The van der Waals surface area contributed by atoms with Crippen molar-refractivity contribution in [3.63, 3.8) is 0 Å². The van der Waals surface area contributed by atoms with Gasteiger partial charge in [0.1, 0.15) is 13.6 Å². The zero-order chi connectivity index (χ0) is 24.6. The summed E-state index contributed by atoms with van der Waals surface area (Å²) in [5, 5.41) is 1.33. The maximum absolute atomic E-state index is 13.6. The number of fused-ring (bicyclic) bond motifs is 1. The molecule has 7 heteroatoms. The van der Waals surface area contributed by atoms with Crippen LogP contribution in [0.4, 0.5) is 0 Å². The zero-order valence-electron chi connectivity index (χ0n) is 19.5. The number of halogens is 1. The standard InChI is InChI=1S/C28H22ClN3O2Si/c1-35(2,3)17-15-21-18-32(28(33)24-23(21)10-7-16-30-24)26-25(19-11-13-22(29)14-12-19)34-27(31-26)20-8-5-4-6-9-20/h4-14,16,18H,1-3H3. The molecule has 5 rings (SSSR count). The van der Waals surface area contributed by atoms with E-state index in [1.807, 2.05) is 54.6 Å². The van der Waals surface area contributed by atoms with Gasteiger partial charge < -0.3 is 4.42 Å². The Hall–Kier alpha value is -3.92. The topological polar surface area (TPSA) is 60.9 Å². The van der Waals surface area contributed by atoms with Gasteiger partial charge in [-0.2, -0.15) is 4.98 Å². The van der Waals surface area contributed by atoms with E-state index in [2.05, 4.69) is 36.1 Å². The highest BCUT2D eigenvalue weighted by Crippen LogP contribution is 2.32. The molecule has 0 atom stereocenters. The third-order valence-electron chi connectivity index (χ3n) is 5.31. The van der Waals surface area contributed by atoms with E-state index in [-0.39, 0.29) is 5.56 Å². The minimum atomic E-state index is -1.66. The number of aromatic nitrogens is 3. The summed E-state index contributed by atoms with van der Waals surface area (Å²) in [4.78, 5) is 22.8. The van der Waals surface area contributed by atoms with Gasteiger partial charge in [0.15, 0.2) is 11.6 Å². The Morgan fingerprint density at radius 3 is 2.40 bits per heavy atom. The fourth-order valence-corrected chi connectivity index (χ4v) is 4.28. The normalized spacial score (nSPS) is 11.3. The Morgan fingerprint density at radius 1 is 0.943 bits per heavy atom. The summed E-state index contributed by atoms with van der Waals surface area (Å²) in [5.74, 6) is 4.55. The first-order valence-electron chi connectivity index (χ1n) is 11.2. The lowest BCUT2D eigenvalue weighted by Crippen LogP contribution is -2.21. The summed E-state index contributed by atoms with van der Waals surface area (Å²) < 4.78 is 7.73. The Kier molecular flexibility index (Phi) is 5.89. The molecule has 0 unspecified atom stereocenters. The second kappa shape index (κ2) is 9.03. The number of rotatable bonds is 3. The largest absolute Gasteiger partial charge is 0.434 e. The number of hydrogen-bond acceptors (Lipinski definition) is 4. The van der Waals surface area contributed by atoms with Gasteiger partial charge in [0.05, 0.1) is 5.56 Å². The molecule has 35 heavy (non-hydrogen) atoms.